The lowest BCUT2D eigenvalue weighted by Gasteiger charge is -2.08. The number of nitrogens with one attached hydrogen (secondary N) is 1. The van der Waals surface area contributed by atoms with Crippen LogP contribution < -0.4 is 5.32 Å². The van der Waals surface area contributed by atoms with Crippen LogP contribution in [0.15, 0.2) is 49.2 Å². The highest BCUT2D eigenvalue weighted by Crippen LogP contribution is 2.15. The van der Waals surface area contributed by atoms with Crippen LogP contribution in [0.4, 0.5) is 5.82 Å². The second-order valence-electron chi connectivity index (χ2n) is 4.40. The predicted octanol–water partition coefficient (Wildman–Crippen LogP) is 1.62. The summed E-state index contributed by atoms with van der Waals surface area (Å²) in [6.45, 7) is 1.91. The van der Waals surface area contributed by atoms with Gasteiger partial charge in [-0.15, -0.1) is 5.10 Å². The van der Waals surface area contributed by atoms with Gasteiger partial charge in [0.25, 0.3) is 5.91 Å². The van der Waals surface area contributed by atoms with Gasteiger partial charge in [-0.25, -0.2) is 9.67 Å². The Morgan fingerprint density at radius 2 is 2.19 bits per heavy atom. The summed E-state index contributed by atoms with van der Waals surface area (Å²) in [6, 6.07) is 8.75. The SMILES string of the molecule is Cc1cc(C(=O)Nc2cccnn2)ccc1-n1cncn1. The lowest BCUT2D eigenvalue weighted by molar-refractivity contribution is 0.102. The molecule has 3 aromatic rings. The van der Waals surface area contributed by atoms with Gasteiger partial charge in [0.05, 0.1) is 5.69 Å². The van der Waals surface area contributed by atoms with Crippen molar-refractivity contribution < 1.29 is 4.79 Å². The van der Waals surface area contributed by atoms with Gasteiger partial charge in [0, 0.05) is 11.8 Å². The summed E-state index contributed by atoms with van der Waals surface area (Å²) < 4.78 is 1.65. The van der Waals surface area contributed by atoms with Crippen LogP contribution in [-0.4, -0.2) is 30.9 Å². The number of nitrogens with zero attached hydrogens (tertiary/aromatic N) is 5. The monoisotopic (exact) mass is 280 g/mol. The van der Waals surface area contributed by atoms with E-state index in [0.717, 1.165) is 11.3 Å². The van der Waals surface area contributed by atoms with Crippen molar-refractivity contribution in [1.29, 1.82) is 0 Å². The Morgan fingerprint density at radius 3 is 2.86 bits per heavy atom. The molecule has 1 N–H and O–H groups in total. The summed E-state index contributed by atoms with van der Waals surface area (Å²) in [6.07, 6.45) is 4.63. The van der Waals surface area contributed by atoms with Crippen molar-refractivity contribution in [2.75, 3.05) is 5.32 Å². The van der Waals surface area contributed by atoms with Crippen LogP contribution in [-0.2, 0) is 0 Å². The summed E-state index contributed by atoms with van der Waals surface area (Å²) in [4.78, 5) is 16.1. The molecule has 0 fully saturated rings. The summed E-state index contributed by atoms with van der Waals surface area (Å²) in [5.41, 5.74) is 2.35. The number of hydrogen-bond acceptors (Lipinski definition) is 5. The van der Waals surface area contributed by atoms with Crippen molar-refractivity contribution in [3.63, 3.8) is 0 Å². The van der Waals surface area contributed by atoms with E-state index in [2.05, 4.69) is 25.6 Å². The molecule has 0 aliphatic heterocycles. The van der Waals surface area contributed by atoms with Crippen molar-refractivity contribution in [3.05, 3.63) is 60.3 Å². The second-order valence-corrected chi connectivity index (χ2v) is 4.40. The highest BCUT2D eigenvalue weighted by atomic mass is 16.1. The Hall–Kier alpha value is -3.09. The zero-order chi connectivity index (χ0) is 14.7. The molecule has 0 bridgehead atoms. The van der Waals surface area contributed by atoms with E-state index in [-0.39, 0.29) is 5.91 Å². The number of carbonyl (C=O) groups excluding carboxylic acids is 1. The maximum absolute atomic E-state index is 12.2. The van der Waals surface area contributed by atoms with E-state index < -0.39 is 0 Å². The fourth-order valence-electron chi connectivity index (χ4n) is 1.94. The molecular weight excluding hydrogens is 268 g/mol. The number of hydrogen-bond donors (Lipinski definition) is 1. The molecule has 0 aliphatic rings. The fraction of sp³-hybridized carbons (Fsp3) is 0.0714. The standard InChI is InChI=1S/C14H12N6O/c1-10-7-11(4-5-12(10)20-9-15-8-17-20)14(21)18-13-3-2-6-16-19-13/h2-9H,1H3,(H,18,19,21). The van der Waals surface area contributed by atoms with Gasteiger partial charge < -0.3 is 5.32 Å². The van der Waals surface area contributed by atoms with E-state index in [1.54, 1.807) is 41.5 Å². The molecule has 2 aromatic heterocycles. The highest BCUT2D eigenvalue weighted by Gasteiger charge is 2.10. The molecule has 0 radical (unpaired) electrons. The van der Waals surface area contributed by atoms with Gasteiger partial charge in [-0.05, 0) is 42.8 Å². The molecule has 3 rings (SSSR count). The van der Waals surface area contributed by atoms with Crippen LogP contribution >= 0.6 is 0 Å². The Labute approximate surface area is 120 Å². The minimum atomic E-state index is -0.233. The van der Waals surface area contributed by atoms with Crippen molar-refractivity contribution in [3.8, 4) is 5.69 Å². The molecule has 0 aliphatic carbocycles. The summed E-state index contributed by atoms with van der Waals surface area (Å²) in [5.74, 6) is 0.184. The van der Waals surface area contributed by atoms with Gasteiger partial charge in [-0.3, -0.25) is 4.79 Å². The second kappa shape index (κ2) is 5.49. The molecular formula is C14H12N6O. The first-order valence-electron chi connectivity index (χ1n) is 6.29. The van der Waals surface area contributed by atoms with Crippen molar-refractivity contribution in [1.82, 2.24) is 25.0 Å². The zero-order valence-corrected chi connectivity index (χ0v) is 11.3. The third kappa shape index (κ3) is 2.76. The third-order valence-electron chi connectivity index (χ3n) is 2.94. The Bertz CT molecular complexity index is 754. The van der Waals surface area contributed by atoms with E-state index in [1.807, 2.05) is 13.0 Å². The van der Waals surface area contributed by atoms with Gasteiger partial charge in [-0.2, -0.15) is 10.2 Å². The van der Waals surface area contributed by atoms with Crippen molar-refractivity contribution in [2.24, 2.45) is 0 Å². The van der Waals surface area contributed by atoms with E-state index in [9.17, 15) is 4.79 Å². The molecule has 0 atom stereocenters. The maximum atomic E-state index is 12.2. The van der Waals surface area contributed by atoms with E-state index in [4.69, 9.17) is 0 Å². The zero-order valence-electron chi connectivity index (χ0n) is 11.3. The van der Waals surface area contributed by atoms with Crippen LogP contribution in [0.1, 0.15) is 15.9 Å². The molecule has 7 nitrogen and oxygen atoms in total. The Balaban J connectivity index is 1.83. The van der Waals surface area contributed by atoms with Crippen LogP contribution in [0.5, 0.6) is 0 Å². The summed E-state index contributed by atoms with van der Waals surface area (Å²) >= 11 is 0. The first kappa shape index (κ1) is 12.9. The molecule has 2 heterocycles. The molecule has 0 saturated heterocycles. The average Bonchev–Trinajstić information content (AvgIpc) is 3.02. The molecule has 7 heteroatoms. The van der Waals surface area contributed by atoms with Crippen LogP contribution in [0.25, 0.3) is 5.69 Å². The molecule has 1 aromatic carbocycles. The largest absolute Gasteiger partial charge is 0.305 e. The van der Waals surface area contributed by atoms with E-state index >= 15 is 0 Å². The summed E-state index contributed by atoms with van der Waals surface area (Å²) in [7, 11) is 0. The van der Waals surface area contributed by atoms with Crippen molar-refractivity contribution >= 4 is 11.7 Å². The number of carbonyl (C=O) groups is 1. The Kier molecular flexibility index (Phi) is 3.38. The summed E-state index contributed by atoms with van der Waals surface area (Å²) in [5, 5.41) is 14.3. The first-order valence-corrected chi connectivity index (χ1v) is 6.29. The lowest BCUT2D eigenvalue weighted by atomic mass is 10.1. The first-order chi connectivity index (χ1) is 10.2. The quantitative estimate of drug-likeness (QED) is 0.788. The van der Waals surface area contributed by atoms with Gasteiger partial charge in [0.15, 0.2) is 5.82 Å². The molecule has 104 valence electrons. The fourth-order valence-corrected chi connectivity index (χ4v) is 1.94. The lowest BCUT2D eigenvalue weighted by Crippen LogP contribution is -2.13. The van der Waals surface area contributed by atoms with Crippen LogP contribution in [0.2, 0.25) is 0 Å². The van der Waals surface area contributed by atoms with Crippen LogP contribution in [0, 0.1) is 6.92 Å². The number of amides is 1. The smallest absolute Gasteiger partial charge is 0.256 e. The van der Waals surface area contributed by atoms with E-state index in [0.29, 0.717) is 11.4 Å². The number of benzene rings is 1. The third-order valence-corrected chi connectivity index (χ3v) is 2.94. The van der Waals surface area contributed by atoms with E-state index in [1.165, 1.54) is 6.33 Å². The average molecular weight is 280 g/mol. The minimum absolute atomic E-state index is 0.233. The highest BCUT2D eigenvalue weighted by molar-refractivity contribution is 6.03. The van der Waals surface area contributed by atoms with Gasteiger partial charge in [0.1, 0.15) is 12.7 Å². The maximum Gasteiger partial charge on any atom is 0.256 e. The number of rotatable bonds is 3. The molecule has 21 heavy (non-hydrogen) atoms. The predicted molar refractivity (Wildman–Crippen MR) is 76.1 cm³/mol. The number of aromatic nitrogens is 5. The van der Waals surface area contributed by atoms with Gasteiger partial charge in [0.2, 0.25) is 0 Å². The molecule has 0 saturated carbocycles. The molecule has 1 amide bonds. The van der Waals surface area contributed by atoms with Crippen molar-refractivity contribution in [2.45, 2.75) is 6.92 Å². The van der Waals surface area contributed by atoms with Gasteiger partial charge in [-0.1, -0.05) is 0 Å². The number of aryl methyl sites for hydroxylation is 1. The van der Waals surface area contributed by atoms with Crippen LogP contribution in [0.3, 0.4) is 0 Å². The Morgan fingerprint density at radius 1 is 1.29 bits per heavy atom. The normalized spacial score (nSPS) is 10.3. The number of anilines is 1. The molecule has 0 spiro atoms. The molecule has 0 unspecified atom stereocenters. The van der Waals surface area contributed by atoms with Gasteiger partial charge >= 0.3 is 0 Å². The topological polar surface area (TPSA) is 85.6 Å². The minimum Gasteiger partial charge on any atom is -0.305 e.